The third-order valence-corrected chi connectivity index (χ3v) is 4.09. The molecule has 0 spiro atoms. The van der Waals surface area contributed by atoms with Crippen LogP contribution in [0.3, 0.4) is 0 Å². The predicted octanol–water partition coefficient (Wildman–Crippen LogP) is 4.15. The van der Waals surface area contributed by atoms with Gasteiger partial charge in [0.05, 0.1) is 16.7 Å². The van der Waals surface area contributed by atoms with Gasteiger partial charge in [-0.3, -0.25) is 5.10 Å². The first kappa shape index (κ1) is 16.5. The Kier molecular flexibility index (Phi) is 3.48. The number of nitrogens with two attached hydrogens (primary N) is 1. The lowest BCUT2D eigenvalue weighted by Crippen LogP contribution is -2.18. The Morgan fingerprint density at radius 2 is 2.04 bits per heavy atom. The largest absolute Gasteiger partial charge is 0.573 e. The third-order valence-electron chi connectivity index (χ3n) is 3.74. The van der Waals surface area contributed by atoms with Gasteiger partial charge in [-0.25, -0.2) is 8.91 Å². The Morgan fingerprint density at radius 1 is 1.27 bits per heavy atom. The van der Waals surface area contributed by atoms with E-state index in [1.54, 1.807) is 24.4 Å². The summed E-state index contributed by atoms with van der Waals surface area (Å²) >= 11 is 6.04. The van der Waals surface area contributed by atoms with Gasteiger partial charge in [0.25, 0.3) is 0 Å². The summed E-state index contributed by atoms with van der Waals surface area (Å²) in [6.07, 6.45) is -2.27. The molecule has 0 radical (unpaired) electrons. The molecule has 3 N–H and O–H groups in total. The maximum absolute atomic E-state index is 14.6. The molecule has 0 saturated heterocycles. The van der Waals surface area contributed by atoms with E-state index < -0.39 is 23.0 Å². The van der Waals surface area contributed by atoms with Crippen molar-refractivity contribution in [1.29, 1.82) is 0 Å². The van der Waals surface area contributed by atoms with Gasteiger partial charge < -0.3 is 10.5 Å². The molecule has 3 heterocycles. The minimum atomic E-state index is -5.09. The van der Waals surface area contributed by atoms with E-state index in [2.05, 4.69) is 20.0 Å². The van der Waals surface area contributed by atoms with Crippen molar-refractivity contribution in [2.75, 3.05) is 5.73 Å². The van der Waals surface area contributed by atoms with E-state index in [9.17, 15) is 17.6 Å². The summed E-state index contributed by atoms with van der Waals surface area (Å²) in [5, 5.41) is 9.68. The number of H-pyrrole nitrogens is 1. The molecular weight excluding hydrogens is 378 g/mol. The van der Waals surface area contributed by atoms with Gasteiger partial charge in [0.15, 0.2) is 11.6 Å². The highest BCUT2D eigenvalue weighted by Gasteiger charge is 2.35. The van der Waals surface area contributed by atoms with Crippen molar-refractivity contribution in [2.24, 2.45) is 0 Å². The lowest BCUT2D eigenvalue weighted by Gasteiger charge is -2.14. The SMILES string of the molecule is Nc1cc2cc(-c3c(Cl)c(F)c(OC(F)(F)F)c4[nH]ncc34)ccn2n1. The van der Waals surface area contributed by atoms with Gasteiger partial charge >= 0.3 is 6.36 Å². The van der Waals surface area contributed by atoms with Crippen LogP contribution in [0.25, 0.3) is 27.5 Å². The minimum Gasteiger partial charge on any atom is -0.400 e. The number of hydrogen-bond acceptors (Lipinski definition) is 4. The molecule has 11 heteroatoms. The average molecular weight is 386 g/mol. The van der Waals surface area contributed by atoms with Crippen molar-refractivity contribution >= 4 is 33.8 Å². The fourth-order valence-corrected chi connectivity index (χ4v) is 3.05. The number of nitrogen functional groups attached to an aromatic ring is 1. The van der Waals surface area contributed by atoms with Crippen LogP contribution in [0.15, 0.2) is 30.6 Å². The zero-order valence-corrected chi connectivity index (χ0v) is 13.4. The molecule has 1 aromatic carbocycles. The van der Waals surface area contributed by atoms with E-state index in [1.807, 2.05) is 0 Å². The zero-order chi connectivity index (χ0) is 18.6. The molecule has 0 fully saturated rings. The standard InChI is InChI=1S/C15H8ClF4N5O/c16-11-10(6-1-2-25-7(3-6)4-9(21)24-25)8-5-22-23-13(8)14(12(11)17)26-15(18,19)20/h1-5H,(H2,21,24)(H,22,23). The highest BCUT2D eigenvalue weighted by Crippen LogP contribution is 2.43. The number of aromatic amines is 1. The van der Waals surface area contributed by atoms with E-state index in [-0.39, 0.29) is 22.3 Å². The predicted molar refractivity (Wildman–Crippen MR) is 86.3 cm³/mol. The first-order valence-electron chi connectivity index (χ1n) is 7.09. The second-order valence-electron chi connectivity index (χ2n) is 5.39. The van der Waals surface area contributed by atoms with Crippen LogP contribution >= 0.6 is 11.6 Å². The number of benzene rings is 1. The first-order valence-corrected chi connectivity index (χ1v) is 7.47. The van der Waals surface area contributed by atoms with Crippen LogP contribution in [0.4, 0.5) is 23.4 Å². The number of rotatable bonds is 2. The number of anilines is 1. The quantitative estimate of drug-likeness (QED) is 0.508. The van der Waals surface area contributed by atoms with Crippen molar-refractivity contribution in [1.82, 2.24) is 19.8 Å². The van der Waals surface area contributed by atoms with E-state index in [4.69, 9.17) is 17.3 Å². The second-order valence-corrected chi connectivity index (χ2v) is 5.77. The smallest absolute Gasteiger partial charge is 0.400 e. The molecule has 3 aromatic heterocycles. The fourth-order valence-electron chi connectivity index (χ4n) is 2.75. The van der Waals surface area contributed by atoms with Gasteiger partial charge in [0.2, 0.25) is 0 Å². The number of aromatic nitrogens is 4. The summed E-state index contributed by atoms with van der Waals surface area (Å²) in [6, 6.07) is 4.79. The molecule has 4 rings (SSSR count). The second kappa shape index (κ2) is 5.49. The lowest BCUT2D eigenvalue weighted by molar-refractivity contribution is -0.275. The topological polar surface area (TPSA) is 81.2 Å². The third kappa shape index (κ3) is 2.58. The molecule has 26 heavy (non-hydrogen) atoms. The molecule has 0 bridgehead atoms. The van der Waals surface area contributed by atoms with Gasteiger partial charge in [-0.2, -0.15) is 10.2 Å². The fraction of sp³-hybridized carbons (Fsp3) is 0.0667. The summed E-state index contributed by atoms with van der Waals surface area (Å²) in [6.45, 7) is 0. The molecule has 134 valence electrons. The Labute approximate surface area is 147 Å². The van der Waals surface area contributed by atoms with Gasteiger partial charge in [-0.1, -0.05) is 11.6 Å². The van der Waals surface area contributed by atoms with Crippen molar-refractivity contribution in [3.63, 3.8) is 0 Å². The lowest BCUT2D eigenvalue weighted by atomic mass is 10.0. The number of hydrogen-bond donors (Lipinski definition) is 2. The Hall–Kier alpha value is -3.01. The van der Waals surface area contributed by atoms with Gasteiger partial charge in [-0.15, -0.1) is 13.2 Å². The number of nitrogens with zero attached hydrogens (tertiary/aromatic N) is 3. The van der Waals surface area contributed by atoms with Gasteiger partial charge in [0, 0.05) is 23.2 Å². The number of halogens is 5. The molecule has 0 saturated carbocycles. The van der Waals surface area contributed by atoms with Crippen LogP contribution in [0.5, 0.6) is 5.75 Å². The van der Waals surface area contributed by atoms with Crippen molar-refractivity contribution < 1.29 is 22.3 Å². The number of nitrogens with one attached hydrogen (secondary N) is 1. The van der Waals surface area contributed by atoms with Crippen LogP contribution in [0.1, 0.15) is 0 Å². The molecular formula is C15H8ClF4N5O. The van der Waals surface area contributed by atoms with E-state index in [0.717, 1.165) is 0 Å². The summed E-state index contributed by atoms with van der Waals surface area (Å²) < 4.78 is 57.6. The first-order chi connectivity index (χ1) is 12.2. The maximum atomic E-state index is 14.6. The van der Waals surface area contributed by atoms with E-state index in [0.29, 0.717) is 11.1 Å². The van der Waals surface area contributed by atoms with Crippen molar-refractivity contribution in [3.8, 4) is 16.9 Å². The highest BCUT2D eigenvalue weighted by molar-refractivity contribution is 6.35. The summed E-state index contributed by atoms with van der Waals surface area (Å²) in [4.78, 5) is 0. The summed E-state index contributed by atoms with van der Waals surface area (Å²) in [5.41, 5.74) is 6.59. The van der Waals surface area contributed by atoms with Crippen LogP contribution in [-0.2, 0) is 0 Å². The number of pyridine rings is 1. The highest BCUT2D eigenvalue weighted by atomic mass is 35.5. The average Bonchev–Trinajstić information content (AvgIpc) is 3.16. The van der Waals surface area contributed by atoms with Crippen LogP contribution in [0, 0.1) is 5.82 Å². The molecule has 0 aliphatic rings. The van der Waals surface area contributed by atoms with Crippen molar-refractivity contribution in [2.45, 2.75) is 6.36 Å². The Balaban J connectivity index is 1.99. The minimum absolute atomic E-state index is 0.171. The summed E-state index contributed by atoms with van der Waals surface area (Å²) in [5.74, 6) is -2.13. The number of ether oxygens (including phenoxy) is 1. The van der Waals surface area contributed by atoms with E-state index >= 15 is 0 Å². The monoisotopic (exact) mass is 385 g/mol. The van der Waals surface area contributed by atoms with Crippen molar-refractivity contribution in [3.05, 3.63) is 41.4 Å². The molecule has 0 aliphatic heterocycles. The Bertz CT molecular complexity index is 1150. The summed E-state index contributed by atoms with van der Waals surface area (Å²) in [7, 11) is 0. The van der Waals surface area contributed by atoms with Gasteiger partial charge in [0.1, 0.15) is 11.3 Å². The van der Waals surface area contributed by atoms with Crippen LogP contribution in [0.2, 0.25) is 5.02 Å². The molecule has 0 atom stereocenters. The molecule has 0 unspecified atom stereocenters. The molecule has 6 nitrogen and oxygen atoms in total. The molecule has 0 amide bonds. The maximum Gasteiger partial charge on any atom is 0.573 e. The van der Waals surface area contributed by atoms with Crippen LogP contribution < -0.4 is 10.5 Å². The van der Waals surface area contributed by atoms with Crippen LogP contribution in [-0.4, -0.2) is 26.2 Å². The normalized spacial score (nSPS) is 12.2. The molecule has 4 aromatic rings. The zero-order valence-electron chi connectivity index (χ0n) is 12.6. The molecule has 0 aliphatic carbocycles. The Morgan fingerprint density at radius 3 is 2.77 bits per heavy atom. The number of fused-ring (bicyclic) bond motifs is 2. The number of alkyl halides is 3. The van der Waals surface area contributed by atoms with Gasteiger partial charge in [-0.05, 0) is 17.7 Å². The van der Waals surface area contributed by atoms with E-state index in [1.165, 1.54) is 10.7 Å².